The van der Waals surface area contributed by atoms with Crippen LogP contribution >= 0.6 is 0 Å². The van der Waals surface area contributed by atoms with E-state index >= 15 is 0 Å². The molecule has 124 valence electrons. The first kappa shape index (κ1) is 16.1. The summed E-state index contributed by atoms with van der Waals surface area (Å²) in [5.41, 5.74) is 1.12. The third kappa shape index (κ3) is 3.42. The van der Waals surface area contributed by atoms with Crippen molar-refractivity contribution in [1.82, 2.24) is 9.47 Å². The Balaban J connectivity index is 1.66. The Morgan fingerprint density at radius 2 is 2.09 bits per heavy atom. The average Bonchev–Trinajstić information content (AvgIpc) is 3.09. The third-order valence-corrected chi connectivity index (χ3v) is 6.31. The van der Waals surface area contributed by atoms with E-state index in [0.29, 0.717) is 25.9 Å². The lowest BCUT2D eigenvalue weighted by Crippen LogP contribution is -2.41. The van der Waals surface area contributed by atoms with Crippen molar-refractivity contribution >= 4 is 26.6 Å². The Morgan fingerprint density at radius 1 is 1.30 bits per heavy atom. The normalized spacial score (nSPS) is 20.0. The largest absolute Gasteiger partial charge is 0.347 e. The number of rotatable bonds is 5. The van der Waals surface area contributed by atoms with E-state index in [1.54, 1.807) is 4.90 Å². The van der Waals surface area contributed by atoms with Gasteiger partial charge in [-0.2, -0.15) is 0 Å². The summed E-state index contributed by atoms with van der Waals surface area (Å²) >= 11 is 0. The zero-order valence-electron chi connectivity index (χ0n) is 13.3. The van der Waals surface area contributed by atoms with E-state index < -0.39 is 9.84 Å². The highest BCUT2D eigenvalue weighted by Crippen LogP contribution is 2.19. The number of nitrogens with zero attached hydrogens (tertiary/aromatic N) is 2. The smallest absolute Gasteiger partial charge is 0.224 e. The molecule has 1 aliphatic rings. The molecule has 23 heavy (non-hydrogen) atoms. The van der Waals surface area contributed by atoms with E-state index in [4.69, 9.17) is 0 Å². The van der Waals surface area contributed by atoms with Gasteiger partial charge in [-0.3, -0.25) is 4.79 Å². The molecule has 2 heterocycles. The summed E-state index contributed by atoms with van der Waals surface area (Å²) in [6.45, 7) is 3.08. The molecule has 1 aliphatic heterocycles. The number of carbonyl (C=O) groups excluding carboxylic acids is 1. The number of benzene rings is 1. The van der Waals surface area contributed by atoms with Gasteiger partial charge < -0.3 is 9.47 Å². The monoisotopic (exact) mass is 334 g/mol. The second-order valence-corrected chi connectivity index (χ2v) is 8.28. The van der Waals surface area contributed by atoms with Crippen LogP contribution in [0.3, 0.4) is 0 Å². The molecule has 1 unspecified atom stereocenters. The average molecular weight is 334 g/mol. The summed E-state index contributed by atoms with van der Waals surface area (Å²) in [7, 11) is -2.97. The highest BCUT2D eigenvalue weighted by molar-refractivity contribution is 7.91. The molecule has 2 aromatic rings. The minimum absolute atomic E-state index is 0.0346. The molecule has 0 spiro atoms. The maximum absolute atomic E-state index is 12.5. The van der Waals surface area contributed by atoms with Crippen LogP contribution in [0.2, 0.25) is 0 Å². The summed E-state index contributed by atoms with van der Waals surface area (Å²) in [6, 6.07) is 9.97. The molecule has 0 saturated carbocycles. The molecule has 1 aromatic carbocycles. The van der Waals surface area contributed by atoms with Crippen molar-refractivity contribution in [3.8, 4) is 0 Å². The van der Waals surface area contributed by atoms with Gasteiger partial charge in [0.1, 0.15) is 0 Å². The zero-order valence-corrected chi connectivity index (χ0v) is 14.1. The lowest BCUT2D eigenvalue weighted by atomic mass is 10.2. The lowest BCUT2D eigenvalue weighted by Gasteiger charge is -2.27. The van der Waals surface area contributed by atoms with Crippen molar-refractivity contribution in [3.63, 3.8) is 0 Å². The van der Waals surface area contributed by atoms with E-state index in [1.807, 2.05) is 37.4 Å². The second-order valence-electron chi connectivity index (χ2n) is 6.05. The molecule has 0 aliphatic carbocycles. The first-order valence-corrected chi connectivity index (χ1v) is 9.86. The SMILES string of the molecule is CCN(C(=O)CCn1ccc2ccccc21)C1CCS(=O)(=O)C1. The van der Waals surface area contributed by atoms with Gasteiger partial charge in [0.15, 0.2) is 9.84 Å². The van der Waals surface area contributed by atoms with Crippen LogP contribution in [0.5, 0.6) is 0 Å². The van der Waals surface area contributed by atoms with Crippen LogP contribution in [0.25, 0.3) is 10.9 Å². The molecule has 3 rings (SSSR count). The third-order valence-electron chi connectivity index (χ3n) is 4.56. The lowest BCUT2D eigenvalue weighted by molar-refractivity contribution is -0.133. The fourth-order valence-corrected chi connectivity index (χ4v) is 5.09. The highest BCUT2D eigenvalue weighted by atomic mass is 32.2. The molecule has 6 heteroatoms. The topological polar surface area (TPSA) is 59.4 Å². The molecular weight excluding hydrogens is 312 g/mol. The molecule has 0 bridgehead atoms. The number of carbonyl (C=O) groups is 1. The molecule has 1 amide bonds. The number of aromatic nitrogens is 1. The minimum atomic E-state index is -2.97. The Hall–Kier alpha value is -1.82. The molecule has 1 fully saturated rings. The summed E-state index contributed by atoms with van der Waals surface area (Å²) in [5, 5.41) is 1.16. The van der Waals surface area contributed by atoms with Crippen LogP contribution < -0.4 is 0 Å². The number of aryl methyl sites for hydroxylation is 1. The maximum atomic E-state index is 12.5. The molecule has 1 aromatic heterocycles. The van der Waals surface area contributed by atoms with Crippen LogP contribution in [0.15, 0.2) is 36.5 Å². The number of para-hydroxylation sites is 1. The van der Waals surface area contributed by atoms with Gasteiger partial charge >= 0.3 is 0 Å². The Morgan fingerprint density at radius 3 is 2.78 bits per heavy atom. The first-order chi connectivity index (χ1) is 11.0. The Bertz CT molecular complexity index is 810. The van der Waals surface area contributed by atoms with Gasteiger partial charge in [-0.15, -0.1) is 0 Å². The fraction of sp³-hybridized carbons (Fsp3) is 0.471. The zero-order chi connectivity index (χ0) is 16.4. The van der Waals surface area contributed by atoms with Crippen molar-refractivity contribution in [2.75, 3.05) is 18.1 Å². The molecule has 1 saturated heterocycles. The van der Waals surface area contributed by atoms with Gasteiger partial charge in [-0.1, -0.05) is 18.2 Å². The Labute approximate surface area is 136 Å². The molecule has 0 N–H and O–H groups in total. The fourth-order valence-electron chi connectivity index (χ4n) is 3.35. The van der Waals surface area contributed by atoms with E-state index in [2.05, 4.69) is 10.6 Å². The van der Waals surface area contributed by atoms with Crippen molar-refractivity contribution < 1.29 is 13.2 Å². The quantitative estimate of drug-likeness (QED) is 0.841. The van der Waals surface area contributed by atoms with Gasteiger partial charge in [0, 0.05) is 37.3 Å². The number of sulfone groups is 1. The molecule has 5 nitrogen and oxygen atoms in total. The van der Waals surface area contributed by atoms with Crippen molar-refractivity contribution in [1.29, 1.82) is 0 Å². The van der Waals surface area contributed by atoms with Crippen LogP contribution in [0, 0.1) is 0 Å². The van der Waals surface area contributed by atoms with Crippen LogP contribution in [0.1, 0.15) is 19.8 Å². The molecule has 1 atom stereocenters. The standard InChI is InChI=1S/C17H22N2O3S/c1-2-19(15-9-12-23(21,22)13-15)17(20)8-11-18-10-7-14-5-3-4-6-16(14)18/h3-7,10,15H,2,8-9,11-13H2,1H3. The number of fused-ring (bicyclic) bond motifs is 1. The summed E-state index contributed by atoms with van der Waals surface area (Å²) < 4.78 is 25.3. The molecule has 0 radical (unpaired) electrons. The second kappa shape index (κ2) is 6.35. The van der Waals surface area contributed by atoms with Crippen molar-refractivity contribution in [2.24, 2.45) is 0 Å². The highest BCUT2D eigenvalue weighted by Gasteiger charge is 2.33. The summed E-state index contributed by atoms with van der Waals surface area (Å²) in [6.07, 6.45) is 2.95. The van der Waals surface area contributed by atoms with Crippen molar-refractivity contribution in [2.45, 2.75) is 32.4 Å². The number of hydrogen-bond acceptors (Lipinski definition) is 3. The van der Waals surface area contributed by atoms with E-state index in [0.717, 1.165) is 10.9 Å². The van der Waals surface area contributed by atoms with Gasteiger partial charge in [0.2, 0.25) is 5.91 Å². The first-order valence-electron chi connectivity index (χ1n) is 8.04. The predicted octanol–water partition coefficient (Wildman–Crippen LogP) is 2.07. The van der Waals surface area contributed by atoms with E-state index in [-0.39, 0.29) is 23.5 Å². The van der Waals surface area contributed by atoms with E-state index in [1.165, 1.54) is 0 Å². The van der Waals surface area contributed by atoms with Crippen molar-refractivity contribution in [3.05, 3.63) is 36.5 Å². The van der Waals surface area contributed by atoms with Crippen LogP contribution in [0.4, 0.5) is 0 Å². The van der Waals surface area contributed by atoms with Crippen LogP contribution in [-0.4, -0.2) is 47.9 Å². The van der Waals surface area contributed by atoms with E-state index in [9.17, 15) is 13.2 Å². The van der Waals surface area contributed by atoms with Gasteiger partial charge in [-0.05, 0) is 30.9 Å². The summed E-state index contributed by atoms with van der Waals surface area (Å²) in [5.74, 6) is 0.343. The maximum Gasteiger partial charge on any atom is 0.224 e. The predicted molar refractivity (Wildman–Crippen MR) is 91.0 cm³/mol. The Kier molecular flexibility index (Phi) is 4.43. The van der Waals surface area contributed by atoms with Gasteiger partial charge in [0.05, 0.1) is 11.5 Å². The van der Waals surface area contributed by atoms with Gasteiger partial charge in [-0.25, -0.2) is 8.42 Å². The number of hydrogen-bond donors (Lipinski definition) is 0. The van der Waals surface area contributed by atoms with Gasteiger partial charge in [0.25, 0.3) is 0 Å². The van der Waals surface area contributed by atoms with Crippen LogP contribution in [-0.2, 0) is 21.2 Å². The summed E-state index contributed by atoms with van der Waals surface area (Å²) in [4.78, 5) is 14.3. The number of amides is 1. The minimum Gasteiger partial charge on any atom is -0.347 e. The molecular formula is C17H22N2O3S.